The third-order valence-electron chi connectivity index (χ3n) is 5.36. The number of hydrogen-bond donors (Lipinski definition) is 0. The van der Waals surface area contributed by atoms with E-state index in [1.165, 1.54) is 66.4 Å². The molecule has 0 spiro atoms. The standard InChI is InChI=1S/C8H6ClN2.3C4H9.Sn/c1-11-8-4-2-3-7(9)6(8)5-10-11;3*1-3-4-2;/h2-4H,1H3;3*1,3-4H2,2H3;. The van der Waals surface area contributed by atoms with E-state index in [1.54, 1.807) is 0 Å². The fourth-order valence-electron chi connectivity index (χ4n) is 3.92. The molecule has 1 aromatic carbocycles. The number of benzene rings is 1. The van der Waals surface area contributed by atoms with E-state index >= 15 is 0 Å². The van der Waals surface area contributed by atoms with Crippen LogP contribution in [-0.2, 0) is 7.05 Å². The molecule has 0 amide bonds. The zero-order valence-electron chi connectivity index (χ0n) is 15.9. The van der Waals surface area contributed by atoms with Crippen LogP contribution in [0.2, 0.25) is 18.3 Å². The van der Waals surface area contributed by atoms with Crippen molar-refractivity contribution in [3.63, 3.8) is 0 Å². The van der Waals surface area contributed by atoms with Crippen LogP contribution < -0.4 is 3.71 Å². The molecule has 0 N–H and O–H groups in total. The summed E-state index contributed by atoms with van der Waals surface area (Å²) in [7, 11) is 2.08. The third-order valence-corrected chi connectivity index (χ3v) is 20.8. The van der Waals surface area contributed by atoms with E-state index in [4.69, 9.17) is 16.7 Å². The number of aromatic nitrogens is 2. The van der Waals surface area contributed by atoms with Gasteiger partial charge in [0, 0.05) is 0 Å². The van der Waals surface area contributed by atoms with Crippen LogP contribution >= 0.6 is 11.6 Å². The molecule has 0 aliphatic rings. The first-order valence-corrected chi connectivity index (χ1v) is 17.6. The zero-order chi connectivity index (χ0) is 17.6. The summed E-state index contributed by atoms with van der Waals surface area (Å²) < 4.78 is 7.84. The summed E-state index contributed by atoms with van der Waals surface area (Å²) in [6, 6.07) is 6.27. The molecular weight excluding hydrogens is 422 g/mol. The van der Waals surface area contributed by atoms with Gasteiger partial charge < -0.3 is 0 Å². The molecule has 0 unspecified atom stereocenters. The molecule has 24 heavy (non-hydrogen) atoms. The average Bonchev–Trinajstić information content (AvgIpc) is 2.94. The number of nitrogens with zero attached hydrogens (tertiary/aromatic N) is 2. The monoisotopic (exact) mass is 456 g/mol. The van der Waals surface area contributed by atoms with Gasteiger partial charge in [-0.15, -0.1) is 0 Å². The Morgan fingerprint density at radius 3 is 2.00 bits per heavy atom. The van der Waals surface area contributed by atoms with E-state index in [-0.39, 0.29) is 0 Å². The Labute approximate surface area is 156 Å². The Morgan fingerprint density at radius 1 is 0.958 bits per heavy atom. The number of unbranched alkanes of at least 4 members (excludes halogenated alkanes) is 3. The van der Waals surface area contributed by atoms with Crippen LogP contribution in [0.3, 0.4) is 0 Å². The molecule has 0 saturated heterocycles. The summed E-state index contributed by atoms with van der Waals surface area (Å²) in [6.45, 7) is 6.96. The first kappa shape index (κ1) is 20.1. The van der Waals surface area contributed by atoms with Gasteiger partial charge >= 0.3 is 157 Å². The molecule has 2 rings (SSSR count). The quantitative estimate of drug-likeness (QED) is 0.385. The van der Waals surface area contributed by atoms with E-state index in [1.807, 2.05) is 6.07 Å². The topological polar surface area (TPSA) is 17.8 Å². The van der Waals surface area contributed by atoms with Crippen LogP contribution in [0.15, 0.2) is 18.2 Å². The number of hydrogen-bond acceptors (Lipinski definition) is 1. The second kappa shape index (κ2) is 9.47. The second-order valence-corrected chi connectivity index (χ2v) is 20.5. The molecule has 1 heterocycles. The number of aryl methyl sites for hydroxylation is 1. The molecule has 1 aromatic heterocycles. The summed E-state index contributed by atoms with van der Waals surface area (Å²) in [4.78, 5) is 0. The van der Waals surface area contributed by atoms with Crippen molar-refractivity contribution in [3.8, 4) is 0 Å². The predicted octanol–water partition coefficient (Wildman–Crippen LogP) is 6.28. The fraction of sp³-hybridized carbons (Fsp3) is 0.650. The predicted molar refractivity (Wildman–Crippen MR) is 110 cm³/mol. The molecule has 0 bridgehead atoms. The average molecular weight is 456 g/mol. The van der Waals surface area contributed by atoms with Crippen molar-refractivity contribution in [2.45, 2.75) is 72.6 Å². The molecule has 4 heteroatoms. The molecular formula is C20H33ClN2Sn. The van der Waals surface area contributed by atoms with Crippen LogP contribution in [0.4, 0.5) is 0 Å². The molecule has 0 radical (unpaired) electrons. The van der Waals surface area contributed by atoms with Crippen molar-refractivity contribution >= 4 is 44.6 Å². The van der Waals surface area contributed by atoms with Gasteiger partial charge in [0.2, 0.25) is 0 Å². The molecule has 0 saturated carbocycles. The maximum absolute atomic E-state index is 6.66. The van der Waals surface area contributed by atoms with Crippen molar-refractivity contribution in [3.05, 3.63) is 23.2 Å². The summed E-state index contributed by atoms with van der Waals surface area (Å²) in [5.74, 6) is 0. The summed E-state index contributed by atoms with van der Waals surface area (Å²) in [5, 5.41) is 7.29. The van der Waals surface area contributed by atoms with E-state index in [2.05, 4.69) is 44.6 Å². The first-order valence-electron chi connectivity index (χ1n) is 9.71. The van der Waals surface area contributed by atoms with Gasteiger partial charge in [-0.05, 0) is 0 Å². The van der Waals surface area contributed by atoms with Gasteiger partial charge in [0.25, 0.3) is 0 Å². The minimum atomic E-state index is -2.55. The molecule has 2 nitrogen and oxygen atoms in total. The molecule has 0 aliphatic heterocycles. The van der Waals surface area contributed by atoms with E-state index in [9.17, 15) is 0 Å². The second-order valence-electron chi connectivity index (χ2n) is 7.20. The zero-order valence-corrected chi connectivity index (χ0v) is 19.5. The summed E-state index contributed by atoms with van der Waals surface area (Å²) in [5.41, 5.74) is 1.21. The van der Waals surface area contributed by atoms with Gasteiger partial charge in [-0.1, -0.05) is 0 Å². The van der Waals surface area contributed by atoms with Gasteiger partial charge in [0.1, 0.15) is 0 Å². The third kappa shape index (κ3) is 4.30. The molecule has 0 aliphatic carbocycles. The Balaban J connectivity index is 2.59. The number of rotatable bonds is 10. The molecule has 0 atom stereocenters. The van der Waals surface area contributed by atoms with Crippen molar-refractivity contribution < 1.29 is 0 Å². The van der Waals surface area contributed by atoms with E-state index < -0.39 is 18.4 Å². The van der Waals surface area contributed by atoms with Crippen LogP contribution in [0.1, 0.15) is 59.3 Å². The van der Waals surface area contributed by atoms with Crippen LogP contribution in [0, 0.1) is 0 Å². The van der Waals surface area contributed by atoms with Gasteiger partial charge in [-0.3, -0.25) is 0 Å². The Kier molecular flexibility index (Phi) is 7.93. The number of fused-ring (bicyclic) bond motifs is 1. The Hall–Kier alpha value is -0.221. The normalized spacial score (nSPS) is 12.2. The Bertz CT molecular complexity index is 629. The van der Waals surface area contributed by atoms with Crippen molar-refractivity contribution in [1.82, 2.24) is 9.78 Å². The maximum atomic E-state index is 6.66. The SMILES string of the molecule is CCC[CH2][Sn]([CH2]CCC)([CH2]CCC)[c]1nn(C)c2cccc(Cl)c12. The summed E-state index contributed by atoms with van der Waals surface area (Å²) >= 11 is 4.12. The molecule has 134 valence electrons. The number of halogens is 1. The molecule has 2 aromatic rings. The first-order chi connectivity index (χ1) is 11.6. The van der Waals surface area contributed by atoms with Crippen LogP contribution in [-0.4, -0.2) is 28.2 Å². The summed E-state index contributed by atoms with van der Waals surface area (Å²) in [6.07, 6.45) is 7.92. The van der Waals surface area contributed by atoms with Gasteiger partial charge in [0.15, 0.2) is 0 Å². The molecule has 0 fully saturated rings. The van der Waals surface area contributed by atoms with Gasteiger partial charge in [-0.25, -0.2) is 0 Å². The van der Waals surface area contributed by atoms with Gasteiger partial charge in [-0.2, -0.15) is 0 Å². The van der Waals surface area contributed by atoms with E-state index in [0.29, 0.717) is 0 Å². The van der Waals surface area contributed by atoms with E-state index in [0.717, 1.165) is 5.02 Å². The van der Waals surface area contributed by atoms with Crippen LogP contribution in [0.5, 0.6) is 0 Å². The van der Waals surface area contributed by atoms with Crippen molar-refractivity contribution in [2.24, 2.45) is 7.05 Å². The van der Waals surface area contributed by atoms with Gasteiger partial charge in [0.05, 0.1) is 0 Å². The fourth-order valence-corrected chi connectivity index (χ4v) is 20.7. The van der Waals surface area contributed by atoms with Crippen molar-refractivity contribution in [1.29, 1.82) is 0 Å². The Morgan fingerprint density at radius 2 is 1.50 bits per heavy atom. The van der Waals surface area contributed by atoms with Crippen LogP contribution in [0.25, 0.3) is 10.9 Å². The minimum absolute atomic E-state index is 0.904. The van der Waals surface area contributed by atoms with Crippen molar-refractivity contribution in [2.75, 3.05) is 0 Å².